The molecule has 2 atom stereocenters. The molecular formula is C12H15NS. The monoisotopic (exact) mass is 205 g/mol. The molecule has 14 heavy (non-hydrogen) atoms. The topological polar surface area (TPSA) is 12.0 Å². The van der Waals surface area contributed by atoms with E-state index in [4.69, 9.17) is 0 Å². The van der Waals surface area contributed by atoms with Crippen molar-refractivity contribution in [3.05, 3.63) is 29.8 Å². The standard InChI is InChI=1S/C12H15NS/c1-2-4-12-10(3-1)11-7-13-6-5-9(11)8-14-12/h1-4,9,11,13H,5-8H2. The van der Waals surface area contributed by atoms with Crippen molar-refractivity contribution >= 4 is 11.8 Å². The van der Waals surface area contributed by atoms with E-state index in [1.165, 1.54) is 30.2 Å². The molecule has 74 valence electrons. The number of rotatable bonds is 0. The van der Waals surface area contributed by atoms with E-state index in [1.54, 1.807) is 5.56 Å². The van der Waals surface area contributed by atoms with E-state index in [0.29, 0.717) is 0 Å². The molecule has 1 fully saturated rings. The van der Waals surface area contributed by atoms with Gasteiger partial charge < -0.3 is 5.32 Å². The molecular weight excluding hydrogens is 190 g/mol. The van der Waals surface area contributed by atoms with E-state index in [1.807, 2.05) is 11.8 Å². The van der Waals surface area contributed by atoms with Crippen molar-refractivity contribution in [1.82, 2.24) is 5.32 Å². The Balaban J connectivity index is 1.99. The molecule has 0 spiro atoms. The predicted octanol–water partition coefficient (Wildman–Crippen LogP) is 2.49. The highest BCUT2D eigenvalue weighted by molar-refractivity contribution is 7.99. The molecule has 2 aliphatic rings. The first-order valence-electron chi connectivity index (χ1n) is 5.37. The van der Waals surface area contributed by atoms with Crippen LogP contribution < -0.4 is 5.32 Å². The van der Waals surface area contributed by atoms with Gasteiger partial charge in [-0.05, 0) is 30.5 Å². The fourth-order valence-corrected chi connectivity index (χ4v) is 3.94. The van der Waals surface area contributed by atoms with Gasteiger partial charge in [-0.25, -0.2) is 0 Å². The quantitative estimate of drug-likeness (QED) is 0.698. The summed E-state index contributed by atoms with van der Waals surface area (Å²) in [6.07, 6.45) is 1.35. The zero-order valence-electron chi connectivity index (χ0n) is 8.20. The summed E-state index contributed by atoms with van der Waals surface area (Å²) in [5.74, 6) is 3.01. The largest absolute Gasteiger partial charge is 0.316 e. The van der Waals surface area contributed by atoms with Crippen molar-refractivity contribution in [2.75, 3.05) is 18.8 Å². The number of thioether (sulfide) groups is 1. The fraction of sp³-hybridized carbons (Fsp3) is 0.500. The summed E-state index contributed by atoms with van der Waals surface area (Å²) in [7, 11) is 0. The Morgan fingerprint density at radius 3 is 3.21 bits per heavy atom. The van der Waals surface area contributed by atoms with Gasteiger partial charge in [0.15, 0.2) is 0 Å². The summed E-state index contributed by atoms with van der Waals surface area (Å²) in [5, 5.41) is 3.52. The number of hydrogen-bond acceptors (Lipinski definition) is 2. The molecule has 1 aromatic rings. The molecule has 1 aromatic carbocycles. The van der Waals surface area contributed by atoms with Crippen LogP contribution in [0.3, 0.4) is 0 Å². The highest BCUT2D eigenvalue weighted by Gasteiger charge is 2.31. The highest BCUT2D eigenvalue weighted by Crippen LogP contribution is 2.42. The molecule has 2 heterocycles. The van der Waals surface area contributed by atoms with Crippen LogP contribution >= 0.6 is 11.8 Å². The smallest absolute Gasteiger partial charge is 0.0107 e. The van der Waals surface area contributed by atoms with Gasteiger partial charge >= 0.3 is 0 Å². The molecule has 3 rings (SSSR count). The van der Waals surface area contributed by atoms with E-state index < -0.39 is 0 Å². The molecule has 0 aliphatic carbocycles. The van der Waals surface area contributed by atoms with Gasteiger partial charge in [0.2, 0.25) is 0 Å². The van der Waals surface area contributed by atoms with Crippen molar-refractivity contribution in [2.45, 2.75) is 17.2 Å². The maximum Gasteiger partial charge on any atom is 0.0107 e. The summed E-state index contributed by atoms with van der Waals surface area (Å²) in [4.78, 5) is 1.51. The van der Waals surface area contributed by atoms with Crippen LogP contribution in [0.1, 0.15) is 17.9 Å². The van der Waals surface area contributed by atoms with E-state index in [2.05, 4.69) is 29.6 Å². The van der Waals surface area contributed by atoms with Crippen molar-refractivity contribution in [2.24, 2.45) is 5.92 Å². The molecule has 0 radical (unpaired) electrons. The molecule has 2 heteroatoms. The third-order valence-corrected chi connectivity index (χ3v) is 4.67. The van der Waals surface area contributed by atoms with Gasteiger partial charge in [0.1, 0.15) is 0 Å². The van der Waals surface area contributed by atoms with Crippen molar-refractivity contribution in [1.29, 1.82) is 0 Å². The summed E-state index contributed by atoms with van der Waals surface area (Å²) in [6, 6.07) is 8.91. The van der Waals surface area contributed by atoms with E-state index >= 15 is 0 Å². The van der Waals surface area contributed by atoms with Crippen LogP contribution in [0.4, 0.5) is 0 Å². The van der Waals surface area contributed by atoms with Crippen LogP contribution in [0.15, 0.2) is 29.2 Å². The lowest BCUT2D eigenvalue weighted by atomic mass is 9.82. The second-order valence-corrected chi connectivity index (χ2v) is 5.27. The molecule has 2 unspecified atom stereocenters. The van der Waals surface area contributed by atoms with E-state index in [0.717, 1.165) is 11.8 Å². The molecule has 0 saturated carbocycles. The number of piperidine rings is 1. The van der Waals surface area contributed by atoms with Crippen LogP contribution in [0.25, 0.3) is 0 Å². The lowest BCUT2D eigenvalue weighted by molar-refractivity contribution is 0.346. The Kier molecular flexibility index (Phi) is 2.26. The summed E-state index contributed by atoms with van der Waals surface area (Å²) >= 11 is 2.05. The molecule has 0 bridgehead atoms. The maximum absolute atomic E-state index is 3.52. The first kappa shape index (κ1) is 8.81. The van der Waals surface area contributed by atoms with Gasteiger partial charge in [-0.15, -0.1) is 11.8 Å². The van der Waals surface area contributed by atoms with Crippen LogP contribution in [0, 0.1) is 5.92 Å². The van der Waals surface area contributed by atoms with E-state index in [-0.39, 0.29) is 0 Å². The van der Waals surface area contributed by atoms with Crippen LogP contribution in [0.5, 0.6) is 0 Å². The van der Waals surface area contributed by atoms with Crippen molar-refractivity contribution in [3.63, 3.8) is 0 Å². The minimum Gasteiger partial charge on any atom is -0.316 e. The summed E-state index contributed by atoms with van der Waals surface area (Å²) in [6.45, 7) is 2.39. The summed E-state index contributed by atoms with van der Waals surface area (Å²) < 4.78 is 0. The Morgan fingerprint density at radius 1 is 1.29 bits per heavy atom. The van der Waals surface area contributed by atoms with Gasteiger partial charge in [-0.1, -0.05) is 18.2 Å². The van der Waals surface area contributed by atoms with Crippen LogP contribution in [-0.2, 0) is 0 Å². The fourth-order valence-electron chi connectivity index (χ4n) is 2.59. The predicted molar refractivity (Wildman–Crippen MR) is 60.9 cm³/mol. The van der Waals surface area contributed by atoms with Crippen molar-refractivity contribution in [3.8, 4) is 0 Å². The van der Waals surface area contributed by atoms with Crippen LogP contribution in [-0.4, -0.2) is 18.8 Å². The number of benzene rings is 1. The minimum absolute atomic E-state index is 0.779. The third-order valence-electron chi connectivity index (χ3n) is 3.40. The van der Waals surface area contributed by atoms with E-state index in [9.17, 15) is 0 Å². The second kappa shape index (κ2) is 3.59. The highest BCUT2D eigenvalue weighted by atomic mass is 32.2. The van der Waals surface area contributed by atoms with Gasteiger partial charge in [-0.2, -0.15) is 0 Å². The SMILES string of the molecule is c1ccc2c(c1)SCC1CCNCC21. The molecule has 0 aromatic heterocycles. The normalized spacial score (nSPS) is 30.6. The average Bonchev–Trinajstić information content (AvgIpc) is 2.29. The number of fused-ring (bicyclic) bond motifs is 3. The van der Waals surface area contributed by atoms with Gasteiger partial charge in [0.25, 0.3) is 0 Å². The summed E-state index contributed by atoms with van der Waals surface area (Å²) in [5.41, 5.74) is 1.58. The second-order valence-electron chi connectivity index (χ2n) is 4.21. The third kappa shape index (κ3) is 1.37. The molecule has 1 saturated heterocycles. The molecule has 0 amide bonds. The molecule has 2 aliphatic heterocycles. The Labute approximate surface area is 89.3 Å². The average molecular weight is 205 g/mol. The van der Waals surface area contributed by atoms with Gasteiger partial charge in [-0.3, -0.25) is 0 Å². The van der Waals surface area contributed by atoms with Crippen LogP contribution in [0.2, 0.25) is 0 Å². The van der Waals surface area contributed by atoms with Gasteiger partial charge in [0, 0.05) is 23.1 Å². The zero-order valence-corrected chi connectivity index (χ0v) is 9.02. The first-order chi connectivity index (χ1) is 6.95. The Morgan fingerprint density at radius 2 is 2.21 bits per heavy atom. The lowest BCUT2D eigenvalue weighted by Gasteiger charge is -2.37. The number of hydrogen-bond donors (Lipinski definition) is 1. The Bertz CT molecular complexity index is 337. The minimum atomic E-state index is 0.779. The first-order valence-corrected chi connectivity index (χ1v) is 6.36. The zero-order chi connectivity index (χ0) is 9.38. The molecule has 1 N–H and O–H groups in total. The maximum atomic E-state index is 3.52. The number of nitrogens with one attached hydrogen (secondary N) is 1. The molecule has 1 nitrogen and oxygen atoms in total. The van der Waals surface area contributed by atoms with Crippen molar-refractivity contribution < 1.29 is 0 Å². The van der Waals surface area contributed by atoms with Gasteiger partial charge in [0.05, 0.1) is 0 Å². The Hall–Kier alpha value is -0.470. The lowest BCUT2D eigenvalue weighted by Crippen LogP contribution is -2.37.